The molecule has 3 aromatic heterocycles. The van der Waals surface area contributed by atoms with Crippen molar-refractivity contribution in [3.63, 3.8) is 0 Å². The highest BCUT2D eigenvalue weighted by molar-refractivity contribution is 5.82. The lowest BCUT2D eigenvalue weighted by atomic mass is 10.1. The molecule has 1 aliphatic heterocycles. The van der Waals surface area contributed by atoms with Crippen LogP contribution in [0.3, 0.4) is 0 Å². The molecule has 0 bridgehead atoms. The number of ether oxygens (including phenoxy) is 1. The van der Waals surface area contributed by atoms with Gasteiger partial charge in [-0.2, -0.15) is 0 Å². The van der Waals surface area contributed by atoms with E-state index in [1.165, 1.54) is 31.7 Å². The second kappa shape index (κ2) is 11.3. The maximum atomic E-state index is 5.30. The third-order valence-electron chi connectivity index (χ3n) is 7.08. The summed E-state index contributed by atoms with van der Waals surface area (Å²) in [5.41, 5.74) is 7.91. The Balaban J connectivity index is 1.28. The number of hydrogen-bond donors (Lipinski definition) is 1. The van der Waals surface area contributed by atoms with Gasteiger partial charge in [0, 0.05) is 51.1 Å². The Morgan fingerprint density at radius 2 is 1.83 bits per heavy atom. The van der Waals surface area contributed by atoms with Crippen molar-refractivity contribution in [1.82, 2.24) is 29.7 Å². The zero-order chi connectivity index (χ0) is 24.9. The molecule has 5 rings (SSSR count). The van der Waals surface area contributed by atoms with Crippen molar-refractivity contribution >= 4 is 11.0 Å². The molecule has 0 spiro atoms. The van der Waals surface area contributed by atoms with Gasteiger partial charge in [0.1, 0.15) is 0 Å². The Morgan fingerprint density at radius 1 is 0.972 bits per heavy atom. The summed E-state index contributed by atoms with van der Waals surface area (Å²) in [4.78, 5) is 22.7. The van der Waals surface area contributed by atoms with Crippen molar-refractivity contribution in [3.8, 4) is 22.6 Å². The van der Waals surface area contributed by atoms with Crippen molar-refractivity contribution in [2.24, 2.45) is 0 Å². The summed E-state index contributed by atoms with van der Waals surface area (Å²) >= 11 is 0. The number of methoxy groups -OCH3 is 1. The van der Waals surface area contributed by atoms with E-state index in [1.54, 1.807) is 13.4 Å². The Morgan fingerprint density at radius 3 is 2.64 bits per heavy atom. The number of pyridine rings is 2. The highest BCUT2D eigenvalue weighted by Crippen LogP contribution is 2.29. The summed E-state index contributed by atoms with van der Waals surface area (Å²) in [6, 6.07) is 15.2. The lowest BCUT2D eigenvalue weighted by Crippen LogP contribution is -2.48. The molecule has 1 saturated heterocycles. The van der Waals surface area contributed by atoms with Crippen LogP contribution in [0.2, 0.25) is 0 Å². The maximum Gasteiger partial charge on any atom is 0.0977 e. The molecule has 0 atom stereocenters. The van der Waals surface area contributed by atoms with Crippen LogP contribution in [0.25, 0.3) is 33.7 Å². The molecular weight excluding hydrogens is 448 g/mol. The lowest BCUT2D eigenvalue weighted by Gasteiger charge is -2.36. The predicted octanol–water partition coefficient (Wildman–Crippen LogP) is 4.79. The van der Waals surface area contributed by atoms with Crippen LogP contribution in [-0.2, 0) is 17.8 Å². The molecule has 0 aliphatic carbocycles. The molecule has 1 N–H and O–H groups in total. The molecule has 0 radical (unpaired) electrons. The largest absolute Gasteiger partial charge is 0.380 e. The van der Waals surface area contributed by atoms with E-state index >= 15 is 0 Å². The highest BCUT2D eigenvalue weighted by atomic mass is 16.5. The first-order chi connectivity index (χ1) is 17.6. The van der Waals surface area contributed by atoms with Gasteiger partial charge in [-0.3, -0.25) is 9.88 Å². The number of aromatic nitrogens is 4. The predicted molar refractivity (Wildman–Crippen MR) is 145 cm³/mol. The van der Waals surface area contributed by atoms with Crippen molar-refractivity contribution in [2.75, 3.05) is 39.8 Å². The first kappa shape index (κ1) is 24.6. The molecule has 4 aromatic rings. The SMILES string of the molecule is COCc1cccc(-c2nc[nH]c2-c2ccc3ncc(CCCN4CCN(C(C)C)CC4)cc3n2)c1. The number of nitrogens with one attached hydrogen (secondary N) is 1. The average Bonchev–Trinajstić information content (AvgIpc) is 3.39. The van der Waals surface area contributed by atoms with Crippen LogP contribution in [0, 0.1) is 0 Å². The van der Waals surface area contributed by atoms with Gasteiger partial charge in [-0.25, -0.2) is 9.97 Å². The van der Waals surface area contributed by atoms with Gasteiger partial charge in [-0.1, -0.05) is 18.2 Å². The van der Waals surface area contributed by atoms with E-state index in [4.69, 9.17) is 9.72 Å². The van der Waals surface area contributed by atoms with Crippen LogP contribution in [0.1, 0.15) is 31.4 Å². The monoisotopic (exact) mass is 484 g/mol. The summed E-state index contributed by atoms with van der Waals surface area (Å²) in [5.74, 6) is 0. The van der Waals surface area contributed by atoms with Gasteiger partial charge in [-0.05, 0) is 68.6 Å². The van der Waals surface area contributed by atoms with Crippen molar-refractivity contribution in [2.45, 2.75) is 39.3 Å². The topological polar surface area (TPSA) is 70.2 Å². The van der Waals surface area contributed by atoms with Gasteiger partial charge in [-0.15, -0.1) is 0 Å². The van der Waals surface area contributed by atoms with E-state index < -0.39 is 0 Å². The fourth-order valence-electron chi connectivity index (χ4n) is 5.02. The minimum atomic E-state index is 0.574. The fraction of sp³-hybridized carbons (Fsp3) is 0.414. The summed E-state index contributed by atoms with van der Waals surface area (Å²) in [7, 11) is 1.71. The molecule has 188 valence electrons. The molecule has 0 amide bonds. The number of aryl methyl sites for hydroxylation is 1. The first-order valence-electron chi connectivity index (χ1n) is 12.9. The Hall–Kier alpha value is -3.13. The van der Waals surface area contributed by atoms with E-state index in [0.29, 0.717) is 12.6 Å². The van der Waals surface area contributed by atoms with Crippen LogP contribution in [-0.4, -0.2) is 75.6 Å². The minimum Gasteiger partial charge on any atom is -0.380 e. The smallest absolute Gasteiger partial charge is 0.0977 e. The Bertz CT molecular complexity index is 1290. The standard InChI is InChI=1S/C29H36N6O/c1-21(2)35-14-12-34(13-15-35)11-5-7-22-17-27-25(30-18-22)9-10-26(33-27)29-28(31-20-32-29)24-8-4-6-23(16-24)19-36-3/h4,6,8-10,16-18,20-21H,5,7,11-15,19H2,1-3H3,(H,31,32). The third kappa shape index (κ3) is 5.64. The number of fused-ring (bicyclic) bond motifs is 1. The van der Waals surface area contributed by atoms with Crippen molar-refractivity contribution in [3.05, 3.63) is 66.1 Å². The molecule has 7 nitrogen and oxygen atoms in total. The Kier molecular flexibility index (Phi) is 7.70. The number of aromatic amines is 1. The fourth-order valence-corrected chi connectivity index (χ4v) is 5.02. The van der Waals surface area contributed by atoms with E-state index in [9.17, 15) is 0 Å². The summed E-state index contributed by atoms with van der Waals surface area (Å²) in [5, 5.41) is 0. The summed E-state index contributed by atoms with van der Waals surface area (Å²) in [6.45, 7) is 11.0. The average molecular weight is 485 g/mol. The maximum absolute atomic E-state index is 5.30. The molecule has 1 aromatic carbocycles. The van der Waals surface area contributed by atoms with E-state index in [1.807, 2.05) is 24.4 Å². The first-order valence-corrected chi connectivity index (χ1v) is 12.9. The zero-order valence-corrected chi connectivity index (χ0v) is 21.6. The molecule has 4 heterocycles. The number of imidazole rings is 1. The molecule has 1 fully saturated rings. The normalized spacial score (nSPS) is 15.2. The molecule has 1 aliphatic rings. The van der Waals surface area contributed by atoms with Crippen LogP contribution >= 0.6 is 0 Å². The van der Waals surface area contributed by atoms with Crippen LogP contribution in [0.4, 0.5) is 0 Å². The third-order valence-corrected chi connectivity index (χ3v) is 7.08. The molecule has 36 heavy (non-hydrogen) atoms. The number of nitrogens with zero attached hydrogens (tertiary/aromatic N) is 5. The lowest BCUT2D eigenvalue weighted by molar-refractivity contribution is 0.108. The van der Waals surface area contributed by atoms with Gasteiger partial charge in [0.15, 0.2) is 0 Å². The van der Waals surface area contributed by atoms with Crippen molar-refractivity contribution in [1.29, 1.82) is 0 Å². The number of benzene rings is 1. The zero-order valence-electron chi connectivity index (χ0n) is 21.6. The number of piperazine rings is 1. The van der Waals surface area contributed by atoms with Gasteiger partial charge in [0.25, 0.3) is 0 Å². The summed E-state index contributed by atoms with van der Waals surface area (Å²) in [6.07, 6.45) is 5.89. The molecular formula is C29H36N6O. The second-order valence-electron chi connectivity index (χ2n) is 9.91. The van der Waals surface area contributed by atoms with Gasteiger partial charge >= 0.3 is 0 Å². The van der Waals surface area contributed by atoms with Gasteiger partial charge in [0.2, 0.25) is 0 Å². The Labute approximate surface area is 213 Å². The molecule has 0 unspecified atom stereocenters. The second-order valence-corrected chi connectivity index (χ2v) is 9.91. The molecule has 0 saturated carbocycles. The summed E-state index contributed by atoms with van der Waals surface area (Å²) < 4.78 is 5.30. The van der Waals surface area contributed by atoms with E-state index in [0.717, 1.165) is 58.6 Å². The van der Waals surface area contributed by atoms with Gasteiger partial charge < -0.3 is 14.6 Å². The minimum absolute atomic E-state index is 0.574. The van der Waals surface area contributed by atoms with E-state index in [2.05, 4.69) is 62.9 Å². The quantitative estimate of drug-likeness (QED) is 0.368. The van der Waals surface area contributed by atoms with Crippen LogP contribution < -0.4 is 0 Å². The number of hydrogen-bond acceptors (Lipinski definition) is 6. The van der Waals surface area contributed by atoms with Crippen molar-refractivity contribution < 1.29 is 4.74 Å². The highest BCUT2D eigenvalue weighted by Gasteiger charge is 2.18. The van der Waals surface area contributed by atoms with Crippen LogP contribution in [0.15, 0.2) is 55.0 Å². The number of H-pyrrole nitrogens is 1. The van der Waals surface area contributed by atoms with E-state index in [-0.39, 0.29) is 0 Å². The molecule has 7 heteroatoms. The number of rotatable bonds is 9. The van der Waals surface area contributed by atoms with Gasteiger partial charge in [0.05, 0.1) is 41.0 Å². The van der Waals surface area contributed by atoms with Crippen LogP contribution in [0.5, 0.6) is 0 Å².